The van der Waals surface area contributed by atoms with Crippen LogP contribution in [0.1, 0.15) is 25.3 Å². The molecule has 0 aliphatic rings. The van der Waals surface area contributed by atoms with Gasteiger partial charge in [-0.2, -0.15) is 0 Å². The van der Waals surface area contributed by atoms with Gasteiger partial charge in [0.2, 0.25) is 0 Å². The SMILES string of the molecule is CC(C)c1ccccc1N(C)C.CNC(=O)O.Cl. The lowest BCUT2D eigenvalue weighted by Gasteiger charge is -2.19. The molecule has 18 heavy (non-hydrogen) atoms. The van der Waals surface area contributed by atoms with Crippen LogP contribution in [0.5, 0.6) is 0 Å². The molecule has 104 valence electrons. The van der Waals surface area contributed by atoms with E-state index in [1.54, 1.807) is 0 Å². The fraction of sp³-hybridized carbons (Fsp3) is 0.462. The maximum atomic E-state index is 9.26. The summed E-state index contributed by atoms with van der Waals surface area (Å²) >= 11 is 0. The molecule has 0 saturated heterocycles. The molecule has 0 bridgehead atoms. The monoisotopic (exact) mass is 274 g/mol. The van der Waals surface area contributed by atoms with Crippen molar-refractivity contribution in [1.82, 2.24) is 5.32 Å². The maximum absolute atomic E-state index is 9.26. The second-order valence-corrected chi connectivity index (χ2v) is 4.16. The molecule has 0 radical (unpaired) electrons. The van der Waals surface area contributed by atoms with Crippen molar-refractivity contribution in [3.63, 3.8) is 0 Å². The van der Waals surface area contributed by atoms with Crippen molar-refractivity contribution < 1.29 is 9.90 Å². The number of amides is 1. The van der Waals surface area contributed by atoms with Crippen LogP contribution in [0.15, 0.2) is 24.3 Å². The number of nitrogens with zero attached hydrogens (tertiary/aromatic N) is 1. The first-order valence-electron chi connectivity index (χ1n) is 5.57. The number of hydrogen-bond donors (Lipinski definition) is 2. The number of hydrogen-bond acceptors (Lipinski definition) is 2. The normalized spacial score (nSPS) is 8.78. The molecule has 4 nitrogen and oxygen atoms in total. The average Bonchev–Trinajstić information content (AvgIpc) is 2.29. The highest BCUT2D eigenvalue weighted by Crippen LogP contribution is 2.25. The van der Waals surface area contributed by atoms with E-state index in [1.165, 1.54) is 18.3 Å². The third kappa shape index (κ3) is 7.01. The highest BCUT2D eigenvalue weighted by Gasteiger charge is 2.05. The predicted octanol–water partition coefficient (Wildman–Crippen LogP) is 3.18. The molecule has 1 aromatic rings. The van der Waals surface area contributed by atoms with E-state index in [0.29, 0.717) is 5.92 Å². The molecule has 0 aromatic heterocycles. The Labute approximate surface area is 115 Å². The van der Waals surface area contributed by atoms with Gasteiger partial charge in [0.05, 0.1) is 0 Å². The Kier molecular flexibility index (Phi) is 10.1. The van der Waals surface area contributed by atoms with Crippen molar-refractivity contribution in [2.24, 2.45) is 0 Å². The first-order valence-corrected chi connectivity index (χ1v) is 5.57. The number of anilines is 1. The van der Waals surface area contributed by atoms with Crippen LogP contribution in [0.25, 0.3) is 0 Å². The Morgan fingerprint density at radius 1 is 1.28 bits per heavy atom. The van der Waals surface area contributed by atoms with Crippen LogP contribution < -0.4 is 10.2 Å². The zero-order chi connectivity index (χ0) is 13.4. The zero-order valence-electron chi connectivity index (χ0n) is 11.6. The Bertz CT molecular complexity index is 328. The van der Waals surface area contributed by atoms with Crippen molar-refractivity contribution in [2.45, 2.75) is 19.8 Å². The van der Waals surface area contributed by atoms with Gasteiger partial charge >= 0.3 is 6.09 Å². The Hall–Kier alpha value is -1.42. The van der Waals surface area contributed by atoms with E-state index >= 15 is 0 Å². The van der Waals surface area contributed by atoms with Gasteiger partial charge in [-0.15, -0.1) is 12.4 Å². The molecule has 0 atom stereocenters. The van der Waals surface area contributed by atoms with E-state index in [-0.39, 0.29) is 12.4 Å². The molecular formula is C13H23ClN2O2. The summed E-state index contributed by atoms with van der Waals surface area (Å²) in [6.45, 7) is 4.45. The van der Waals surface area contributed by atoms with Crippen LogP contribution in [0.4, 0.5) is 10.5 Å². The van der Waals surface area contributed by atoms with Gasteiger partial charge in [-0.05, 0) is 17.5 Å². The largest absolute Gasteiger partial charge is 0.465 e. The van der Waals surface area contributed by atoms with Crippen LogP contribution in [-0.2, 0) is 0 Å². The number of carbonyl (C=O) groups is 1. The second kappa shape index (κ2) is 9.59. The van der Waals surface area contributed by atoms with Gasteiger partial charge in [0.25, 0.3) is 0 Å². The molecule has 0 fully saturated rings. The third-order valence-electron chi connectivity index (χ3n) is 2.25. The molecule has 1 amide bonds. The molecule has 1 aromatic carbocycles. The van der Waals surface area contributed by atoms with Crippen molar-refractivity contribution in [1.29, 1.82) is 0 Å². The predicted molar refractivity (Wildman–Crippen MR) is 79.2 cm³/mol. The summed E-state index contributed by atoms with van der Waals surface area (Å²) in [4.78, 5) is 11.4. The van der Waals surface area contributed by atoms with Gasteiger partial charge in [-0.1, -0.05) is 32.0 Å². The summed E-state index contributed by atoms with van der Waals surface area (Å²) in [5, 5.41) is 9.56. The highest BCUT2D eigenvalue weighted by atomic mass is 35.5. The van der Waals surface area contributed by atoms with Gasteiger partial charge in [0, 0.05) is 26.8 Å². The Balaban J connectivity index is 0. The van der Waals surface area contributed by atoms with Crippen molar-refractivity contribution >= 4 is 24.2 Å². The minimum Gasteiger partial charge on any atom is -0.465 e. The first kappa shape index (κ1) is 18.9. The summed E-state index contributed by atoms with van der Waals surface area (Å²) < 4.78 is 0. The van der Waals surface area contributed by atoms with E-state index in [0.717, 1.165) is 0 Å². The summed E-state index contributed by atoms with van der Waals surface area (Å²) in [6.07, 6.45) is -0.995. The van der Waals surface area contributed by atoms with Crippen molar-refractivity contribution in [3.8, 4) is 0 Å². The molecule has 0 aliphatic carbocycles. The molecule has 1 rings (SSSR count). The topological polar surface area (TPSA) is 52.6 Å². The Morgan fingerprint density at radius 3 is 2.00 bits per heavy atom. The molecule has 5 heteroatoms. The number of carboxylic acid groups (broad SMARTS) is 1. The lowest BCUT2D eigenvalue weighted by molar-refractivity contribution is 0.197. The number of halogens is 1. The van der Waals surface area contributed by atoms with Crippen molar-refractivity contribution in [2.75, 3.05) is 26.0 Å². The van der Waals surface area contributed by atoms with E-state index in [2.05, 4.69) is 57.1 Å². The van der Waals surface area contributed by atoms with Crippen LogP contribution in [0, 0.1) is 0 Å². The number of rotatable bonds is 2. The van der Waals surface area contributed by atoms with Gasteiger partial charge in [-0.25, -0.2) is 4.79 Å². The second-order valence-electron chi connectivity index (χ2n) is 4.16. The summed E-state index contributed by atoms with van der Waals surface area (Å²) in [5.41, 5.74) is 2.75. The standard InChI is InChI=1S/C11H17N.C2H5NO2.ClH/c1-9(2)10-7-5-6-8-11(10)12(3)4;1-3-2(4)5;/h5-9H,1-4H3;3H,1H3,(H,4,5);1H. The minimum atomic E-state index is -0.995. The number of benzene rings is 1. The first-order chi connectivity index (χ1) is 7.90. The van der Waals surface area contributed by atoms with E-state index in [9.17, 15) is 4.79 Å². The van der Waals surface area contributed by atoms with Crippen LogP contribution in [0.2, 0.25) is 0 Å². The lowest BCUT2D eigenvalue weighted by Crippen LogP contribution is -2.13. The smallest absolute Gasteiger partial charge is 0.404 e. The quantitative estimate of drug-likeness (QED) is 0.871. The molecule has 2 N–H and O–H groups in total. The van der Waals surface area contributed by atoms with E-state index in [1.807, 2.05) is 5.32 Å². The molecule has 0 heterocycles. The third-order valence-corrected chi connectivity index (χ3v) is 2.25. The molecular weight excluding hydrogens is 252 g/mol. The molecule has 0 aliphatic heterocycles. The van der Waals surface area contributed by atoms with E-state index < -0.39 is 6.09 Å². The highest BCUT2D eigenvalue weighted by molar-refractivity contribution is 5.85. The van der Waals surface area contributed by atoms with Gasteiger partial charge in [0.15, 0.2) is 0 Å². The van der Waals surface area contributed by atoms with Gasteiger partial charge < -0.3 is 15.3 Å². The minimum absolute atomic E-state index is 0. The Morgan fingerprint density at radius 2 is 1.72 bits per heavy atom. The van der Waals surface area contributed by atoms with Gasteiger partial charge in [0.1, 0.15) is 0 Å². The average molecular weight is 275 g/mol. The molecule has 0 saturated carbocycles. The fourth-order valence-electron chi connectivity index (χ4n) is 1.38. The number of para-hydroxylation sites is 1. The van der Waals surface area contributed by atoms with Crippen LogP contribution in [-0.4, -0.2) is 32.3 Å². The van der Waals surface area contributed by atoms with Crippen LogP contribution >= 0.6 is 12.4 Å². The zero-order valence-corrected chi connectivity index (χ0v) is 12.4. The fourth-order valence-corrected chi connectivity index (χ4v) is 1.38. The van der Waals surface area contributed by atoms with Crippen molar-refractivity contribution in [3.05, 3.63) is 29.8 Å². The molecule has 0 spiro atoms. The number of nitrogens with one attached hydrogen (secondary N) is 1. The summed E-state index contributed by atoms with van der Waals surface area (Å²) in [6, 6.07) is 8.54. The molecule has 0 unspecified atom stereocenters. The lowest BCUT2D eigenvalue weighted by atomic mass is 10.0. The maximum Gasteiger partial charge on any atom is 0.404 e. The summed E-state index contributed by atoms with van der Waals surface area (Å²) in [7, 11) is 5.52. The van der Waals surface area contributed by atoms with Crippen LogP contribution in [0.3, 0.4) is 0 Å². The van der Waals surface area contributed by atoms with Gasteiger partial charge in [-0.3, -0.25) is 0 Å². The summed E-state index contributed by atoms with van der Waals surface area (Å²) in [5.74, 6) is 0.601. The van der Waals surface area contributed by atoms with E-state index in [4.69, 9.17) is 5.11 Å².